The lowest BCUT2D eigenvalue weighted by molar-refractivity contribution is 0.198. The van der Waals surface area contributed by atoms with Gasteiger partial charge in [0.25, 0.3) is 0 Å². The van der Waals surface area contributed by atoms with Crippen LogP contribution in [-0.2, 0) is 13.0 Å². The number of hydrogen-bond donors (Lipinski definition) is 3. The quantitative estimate of drug-likeness (QED) is 0.647. The number of aliphatic hydroxyl groups excluding tert-OH is 1. The van der Waals surface area contributed by atoms with Crippen molar-refractivity contribution in [2.24, 2.45) is 0 Å². The maximum Gasteiger partial charge on any atom is 0.224 e. The SMILES string of the molecule is CCc1[nH]c2c(CNc3nccc(N4CC[C@@H](O)C4)n3)cc(C)cc2c1C. The highest BCUT2D eigenvalue weighted by molar-refractivity contribution is 5.88. The van der Waals surface area contributed by atoms with Crippen molar-refractivity contribution in [1.29, 1.82) is 0 Å². The van der Waals surface area contributed by atoms with Crippen LogP contribution in [0.25, 0.3) is 10.9 Å². The van der Waals surface area contributed by atoms with Crippen molar-refractivity contribution in [3.05, 3.63) is 46.8 Å². The molecule has 0 spiro atoms. The molecule has 0 bridgehead atoms. The fraction of sp³-hybridized carbons (Fsp3) is 0.429. The van der Waals surface area contributed by atoms with Crippen LogP contribution in [0.3, 0.4) is 0 Å². The number of aryl methyl sites for hydroxylation is 3. The standard InChI is InChI=1S/C21H27N5O/c1-4-18-14(3)17-10-13(2)9-15(20(17)24-18)11-23-21-22-7-5-19(25-21)26-8-6-16(27)12-26/h5,7,9-10,16,24,27H,4,6,8,11-12H2,1-3H3,(H,22,23,25)/t16-/m1/s1. The number of aromatic amines is 1. The van der Waals surface area contributed by atoms with Crippen LogP contribution in [0.4, 0.5) is 11.8 Å². The molecule has 3 N–H and O–H groups in total. The van der Waals surface area contributed by atoms with Crippen molar-refractivity contribution in [2.45, 2.75) is 46.3 Å². The molecule has 0 aliphatic carbocycles. The van der Waals surface area contributed by atoms with Gasteiger partial charge >= 0.3 is 0 Å². The number of aliphatic hydroxyl groups is 1. The summed E-state index contributed by atoms with van der Waals surface area (Å²) < 4.78 is 0. The molecule has 1 aliphatic heterocycles. The van der Waals surface area contributed by atoms with Crippen molar-refractivity contribution in [2.75, 3.05) is 23.3 Å². The first-order chi connectivity index (χ1) is 13.0. The summed E-state index contributed by atoms with van der Waals surface area (Å²) in [5.41, 5.74) is 6.30. The van der Waals surface area contributed by atoms with Gasteiger partial charge in [-0.1, -0.05) is 18.6 Å². The van der Waals surface area contributed by atoms with Crippen LogP contribution in [-0.4, -0.2) is 39.3 Å². The molecule has 0 radical (unpaired) electrons. The van der Waals surface area contributed by atoms with E-state index in [2.05, 4.69) is 58.1 Å². The average molecular weight is 365 g/mol. The van der Waals surface area contributed by atoms with Gasteiger partial charge in [0.1, 0.15) is 5.82 Å². The van der Waals surface area contributed by atoms with Crippen LogP contribution in [0, 0.1) is 13.8 Å². The molecule has 3 aromatic rings. The van der Waals surface area contributed by atoms with Crippen molar-refractivity contribution in [3.63, 3.8) is 0 Å². The Morgan fingerprint density at radius 1 is 1.33 bits per heavy atom. The third kappa shape index (κ3) is 3.49. The molecule has 1 aromatic carbocycles. The molecule has 6 heteroatoms. The fourth-order valence-electron chi connectivity index (χ4n) is 3.94. The number of anilines is 2. The number of rotatable bonds is 5. The van der Waals surface area contributed by atoms with E-state index in [1.54, 1.807) is 6.20 Å². The molecule has 1 aliphatic rings. The first-order valence-corrected chi connectivity index (χ1v) is 9.65. The van der Waals surface area contributed by atoms with E-state index in [0.29, 0.717) is 19.0 Å². The highest BCUT2D eigenvalue weighted by atomic mass is 16.3. The van der Waals surface area contributed by atoms with E-state index in [1.165, 1.54) is 33.3 Å². The Kier molecular flexibility index (Phi) is 4.74. The summed E-state index contributed by atoms with van der Waals surface area (Å²) in [5, 5.41) is 14.4. The van der Waals surface area contributed by atoms with Crippen LogP contribution in [0.15, 0.2) is 24.4 Å². The summed E-state index contributed by atoms with van der Waals surface area (Å²) in [4.78, 5) is 14.7. The van der Waals surface area contributed by atoms with Crippen LogP contribution in [0.2, 0.25) is 0 Å². The molecule has 142 valence electrons. The summed E-state index contributed by atoms with van der Waals surface area (Å²) in [5.74, 6) is 1.48. The molecule has 0 amide bonds. The zero-order chi connectivity index (χ0) is 19.0. The van der Waals surface area contributed by atoms with E-state index < -0.39 is 0 Å². The number of fused-ring (bicyclic) bond motifs is 1. The Morgan fingerprint density at radius 2 is 2.19 bits per heavy atom. The van der Waals surface area contributed by atoms with Gasteiger partial charge in [-0.05, 0) is 49.9 Å². The molecule has 6 nitrogen and oxygen atoms in total. The third-order valence-corrected chi connectivity index (χ3v) is 5.42. The Labute approximate surface area is 159 Å². The normalized spacial score (nSPS) is 17.0. The molecule has 3 heterocycles. The minimum absolute atomic E-state index is 0.263. The Hall–Kier alpha value is -2.60. The smallest absolute Gasteiger partial charge is 0.224 e. The number of β-amino-alcohol motifs (C(OH)–C–C–N with tert-alkyl or cyclic N) is 1. The van der Waals surface area contributed by atoms with Gasteiger partial charge in [0.05, 0.1) is 11.6 Å². The third-order valence-electron chi connectivity index (χ3n) is 5.42. The fourth-order valence-corrected chi connectivity index (χ4v) is 3.94. The lowest BCUT2D eigenvalue weighted by Gasteiger charge is -2.17. The van der Waals surface area contributed by atoms with E-state index >= 15 is 0 Å². The molecule has 1 fully saturated rings. The van der Waals surface area contributed by atoms with Crippen molar-refractivity contribution in [3.8, 4) is 0 Å². The minimum Gasteiger partial charge on any atom is -0.391 e. The largest absolute Gasteiger partial charge is 0.391 e. The molecule has 1 saturated heterocycles. The minimum atomic E-state index is -0.263. The Bertz CT molecular complexity index is 965. The zero-order valence-corrected chi connectivity index (χ0v) is 16.2. The predicted molar refractivity (Wildman–Crippen MR) is 109 cm³/mol. The summed E-state index contributed by atoms with van der Waals surface area (Å²) >= 11 is 0. The van der Waals surface area contributed by atoms with E-state index in [0.717, 1.165) is 25.2 Å². The molecule has 27 heavy (non-hydrogen) atoms. The molecule has 1 atom stereocenters. The molecular formula is C21H27N5O. The van der Waals surface area contributed by atoms with Gasteiger partial charge in [-0.2, -0.15) is 4.98 Å². The maximum absolute atomic E-state index is 9.75. The van der Waals surface area contributed by atoms with Crippen LogP contribution in [0.5, 0.6) is 0 Å². The van der Waals surface area contributed by atoms with Crippen LogP contribution < -0.4 is 10.2 Å². The highest BCUT2D eigenvalue weighted by Gasteiger charge is 2.21. The lowest BCUT2D eigenvalue weighted by atomic mass is 10.0. The zero-order valence-electron chi connectivity index (χ0n) is 16.2. The highest BCUT2D eigenvalue weighted by Crippen LogP contribution is 2.27. The number of nitrogens with zero attached hydrogens (tertiary/aromatic N) is 3. The monoisotopic (exact) mass is 365 g/mol. The van der Waals surface area contributed by atoms with E-state index in [-0.39, 0.29) is 6.10 Å². The van der Waals surface area contributed by atoms with Crippen molar-refractivity contribution >= 4 is 22.7 Å². The summed E-state index contributed by atoms with van der Waals surface area (Å²) in [7, 11) is 0. The first kappa shape index (κ1) is 17.8. The number of aromatic nitrogens is 3. The van der Waals surface area contributed by atoms with Gasteiger partial charge in [0.2, 0.25) is 5.95 Å². The van der Waals surface area contributed by atoms with Gasteiger partial charge in [0.15, 0.2) is 0 Å². The second-order valence-corrected chi connectivity index (χ2v) is 7.41. The first-order valence-electron chi connectivity index (χ1n) is 9.65. The summed E-state index contributed by atoms with van der Waals surface area (Å²) in [6.07, 6.45) is 3.30. The number of H-pyrrole nitrogens is 1. The topological polar surface area (TPSA) is 77.1 Å². The van der Waals surface area contributed by atoms with Gasteiger partial charge in [-0.3, -0.25) is 0 Å². The number of benzene rings is 1. The van der Waals surface area contributed by atoms with Crippen LogP contribution >= 0.6 is 0 Å². The predicted octanol–water partition coefficient (Wildman–Crippen LogP) is 3.32. The van der Waals surface area contributed by atoms with Gasteiger partial charge in [0, 0.05) is 36.9 Å². The van der Waals surface area contributed by atoms with E-state index in [9.17, 15) is 5.11 Å². The van der Waals surface area contributed by atoms with Crippen LogP contribution in [0.1, 0.15) is 35.7 Å². The molecule has 2 aromatic heterocycles. The van der Waals surface area contributed by atoms with Gasteiger partial charge in [-0.25, -0.2) is 4.98 Å². The molecule has 4 rings (SSSR count). The number of hydrogen-bond acceptors (Lipinski definition) is 5. The molecular weight excluding hydrogens is 338 g/mol. The van der Waals surface area contributed by atoms with Gasteiger partial charge in [-0.15, -0.1) is 0 Å². The lowest BCUT2D eigenvalue weighted by Crippen LogP contribution is -2.22. The molecule has 0 saturated carbocycles. The second-order valence-electron chi connectivity index (χ2n) is 7.41. The Morgan fingerprint density at radius 3 is 2.93 bits per heavy atom. The average Bonchev–Trinajstić information content (AvgIpc) is 3.24. The summed E-state index contributed by atoms with van der Waals surface area (Å²) in [6.45, 7) is 8.63. The van der Waals surface area contributed by atoms with E-state index in [4.69, 9.17) is 0 Å². The van der Waals surface area contributed by atoms with Crippen molar-refractivity contribution in [1.82, 2.24) is 15.0 Å². The summed E-state index contributed by atoms with van der Waals surface area (Å²) in [6, 6.07) is 6.36. The molecule has 0 unspecified atom stereocenters. The van der Waals surface area contributed by atoms with Crippen molar-refractivity contribution < 1.29 is 5.11 Å². The maximum atomic E-state index is 9.75. The second kappa shape index (κ2) is 7.19. The number of nitrogens with one attached hydrogen (secondary N) is 2. The van der Waals surface area contributed by atoms with Gasteiger partial charge < -0.3 is 20.3 Å². The van der Waals surface area contributed by atoms with E-state index in [1.807, 2.05) is 6.07 Å². The Balaban J connectivity index is 1.57.